The minimum Gasteiger partial charge on any atom is -0.0533 e. The first-order chi connectivity index (χ1) is 9.45. The Hall–Kier alpha value is 0. The van der Waals surface area contributed by atoms with Gasteiger partial charge in [-0.3, -0.25) is 0 Å². The largest absolute Gasteiger partial charge is 0.0533 e. The van der Waals surface area contributed by atoms with Crippen LogP contribution >= 0.6 is 0 Å². The zero-order valence-corrected chi connectivity index (χ0v) is 13.2. The number of hydrogen-bond donors (Lipinski definition) is 0. The summed E-state index contributed by atoms with van der Waals surface area (Å²) in [5, 5.41) is 0. The van der Waals surface area contributed by atoms with Gasteiger partial charge in [-0.25, -0.2) is 0 Å². The topological polar surface area (TPSA) is 0 Å². The van der Waals surface area contributed by atoms with Crippen LogP contribution in [-0.4, -0.2) is 0 Å². The molecule has 0 saturated heterocycles. The lowest BCUT2D eigenvalue weighted by atomic mass is 9.97. The van der Waals surface area contributed by atoms with E-state index in [4.69, 9.17) is 0 Å². The molecule has 19 heavy (non-hydrogen) atoms. The van der Waals surface area contributed by atoms with E-state index < -0.39 is 0 Å². The van der Waals surface area contributed by atoms with Crippen LogP contribution in [0.3, 0.4) is 0 Å². The molecule has 0 aromatic rings. The van der Waals surface area contributed by atoms with Crippen molar-refractivity contribution >= 4 is 0 Å². The molecule has 0 nitrogen and oxygen atoms in total. The van der Waals surface area contributed by atoms with E-state index in [-0.39, 0.29) is 0 Å². The molecule has 0 unspecified atom stereocenters. The third kappa shape index (κ3) is 6.82. The monoisotopic (exact) mass is 264 g/mol. The van der Waals surface area contributed by atoms with Gasteiger partial charge in [0.2, 0.25) is 0 Å². The lowest BCUT2D eigenvalue weighted by molar-refractivity contribution is 0.448. The summed E-state index contributed by atoms with van der Waals surface area (Å²) in [6, 6.07) is 0. The maximum atomic E-state index is 1.54. The highest BCUT2D eigenvalue weighted by Crippen LogP contribution is 2.30. The summed E-state index contributed by atoms with van der Waals surface area (Å²) in [4.78, 5) is 0. The van der Waals surface area contributed by atoms with Crippen LogP contribution in [0.1, 0.15) is 109 Å². The molecule has 2 fully saturated rings. The molecule has 2 saturated carbocycles. The molecule has 0 amide bonds. The van der Waals surface area contributed by atoms with Gasteiger partial charge in [0.25, 0.3) is 0 Å². The molecule has 0 atom stereocenters. The second-order valence-corrected chi connectivity index (χ2v) is 7.35. The van der Waals surface area contributed by atoms with Gasteiger partial charge in [0.15, 0.2) is 0 Å². The van der Waals surface area contributed by atoms with Crippen molar-refractivity contribution in [3.8, 4) is 0 Å². The van der Waals surface area contributed by atoms with Gasteiger partial charge >= 0.3 is 0 Å². The highest BCUT2D eigenvalue weighted by Gasteiger charge is 2.14. The molecule has 112 valence electrons. The van der Waals surface area contributed by atoms with E-state index in [1.165, 1.54) is 70.6 Å². The van der Waals surface area contributed by atoms with Gasteiger partial charge in [-0.1, -0.05) is 109 Å². The second-order valence-electron chi connectivity index (χ2n) is 7.35. The standard InChI is InChI=1S/C19H36/c1(2-4-6-12-18-14-8-9-15-18)3-5-7-13-19-16-10-11-17-19/h18-19H,1-17H2. The van der Waals surface area contributed by atoms with Crippen molar-refractivity contribution < 1.29 is 0 Å². The number of unbranched alkanes of at least 4 members (excludes halogenated alkanes) is 6. The lowest BCUT2D eigenvalue weighted by Gasteiger charge is -2.09. The van der Waals surface area contributed by atoms with E-state index in [9.17, 15) is 0 Å². The molecule has 0 aromatic heterocycles. The zero-order valence-electron chi connectivity index (χ0n) is 13.2. The Morgan fingerprint density at radius 2 is 0.737 bits per heavy atom. The molecule has 2 rings (SSSR count). The summed E-state index contributed by atoms with van der Waals surface area (Å²) in [6.45, 7) is 0. The Kier molecular flexibility index (Phi) is 7.97. The molecule has 0 aromatic carbocycles. The Labute approximate surface area is 121 Å². The van der Waals surface area contributed by atoms with Crippen LogP contribution in [0, 0.1) is 11.8 Å². The third-order valence-corrected chi connectivity index (χ3v) is 5.67. The molecular formula is C19H36. The van der Waals surface area contributed by atoms with E-state index in [1.807, 2.05) is 0 Å². The molecule has 0 heteroatoms. The predicted molar refractivity (Wildman–Crippen MR) is 85.5 cm³/mol. The second kappa shape index (κ2) is 9.83. The normalized spacial score (nSPS) is 21.5. The highest BCUT2D eigenvalue weighted by molar-refractivity contribution is 4.68. The quantitative estimate of drug-likeness (QED) is 0.377. The molecular weight excluding hydrogens is 228 g/mol. The summed E-state index contributed by atoms with van der Waals surface area (Å²) in [5.41, 5.74) is 0. The Bertz CT molecular complexity index is 174. The number of rotatable bonds is 10. The molecule has 0 spiro atoms. The average Bonchev–Trinajstić information content (AvgIpc) is 3.10. The van der Waals surface area contributed by atoms with Crippen molar-refractivity contribution in [2.24, 2.45) is 11.8 Å². The van der Waals surface area contributed by atoms with E-state index in [2.05, 4.69) is 0 Å². The predicted octanol–water partition coefficient (Wildman–Crippen LogP) is 6.88. The first kappa shape index (κ1) is 15.4. The molecule has 0 bridgehead atoms. The fourth-order valence-corrected chi connectivity index (χ4v) is 4.35. The number of hydrogen-bond acceptors (Lipinski definition) is 0. The van der Waals surface area contributed by atoms with Crippen LogP contribution in [0.25, 0.3) is 0 Å². The molecule has 0 N–H and O–H groups in total. The van der Waals surface area contributed by atoms with Gasteiger partial charge in [0.05, 0.1) is 0 Å². The minimum absolute atomic E-state index is 1.12. The van der Waals surface area contributed by atoms with Crippen LogP contribution in [0.5, 0.6) is 0 Å². The summed E-state index contributed by atoms with van der Waals surface area (Å²) < 4.78 is 0. The smallest absolute Gasteiger partial charge is 0.0414 e. The van der Waals surface area contributed by atoms with Crippen LogP contribution in [0.2, 0.25) is 0 Å². The summed E-state index contributed by atoms with van der Waals surface area (Å²) in [5.74, 6) is 2.23. The van der Waals surface area contributed by atoms with Crippen molar-refractivity contribution in [3.63, 3.8) is 0 Å². The third-order valence-electron chi connectivity index (χ3n) is 5.67. The molecule has 0 heterocycles. The van der Waals surface area contributed by atoms with Crippen LogP contribution < -0.4 is 0 Å². The molecule has 2 aliphatic rings. The Morgan fingerprint density at radius 1 is 0.421 bits per heavy atom. The minimum atomic E-state index is 1.12. The van der Waals surface area contributed by atoms with Crippen LogP contribution in [0.4, 0.5) is 0 Å². The average molecular weight is 264 g/mol. The van der Waals surface area contributed by atoms with Gasteiger partial charge in [-0.15, -0.1) is 0 Å². The maximum absolute atomic E-state index is 1.54. The van der Waals surface area contributed by atoms with Crippen molar-refractivity contribution in [2.45, 2.75) is 109 Å². The fraction of sp³-hybridized carbons (Fsp3) is 1.00. The maximum Gasteiger partial charge on any atom is -0.0414 e. The molecule has 0 aliphatic heterocycles. The van der Waals surface area contributed by atoms with E-state index in [0.717, 1.165) is 11.8 Å². The van der Waals surface area contributed by atoms with Gasteiger partial charge in [0.1, 0.15) is 0 Å². The van der Waals surface area contributed by atoms with Gasteiger partial charge in [-0.2, -0.15) is 0 Å². The van der Waals surface area contributed by atoms with E-state index in [1.54, 1.807) is 38.5 Å². The summed E-state index contributed by atoms with van der Waals surface area (Å²) >= 11 is 0. The first-order valence-corrected chi connectivity index (χ1v) is 9.45. The Balaban J connectivity index is 1.28. The van der Waals surface area contributed by atoms with Gasteiger partial charge < -0.3 is 0 Å². The van der Waals surface area contributed by atoms with Crippen molar-refractivity contribution in [1.29, 1.82) is 0 Å². The van der Waals surface area contributed by atoms with E-state index >= 15 is 0 Å². The lowest BCUT2D eigenvalue weighted by Crippen LogP contribution is -1.93. The SMILES string of the molecule is C(CCCCC1CCCC1)CCCCC1CCCC1. The molecule has 0 radical (unpaired) electrons. The summed E-state index contributed by atoms with van der Waals surface area (Å²) in [6.07, 6.45) is 25.9. The van der Waals surface area contributed by atoms with Crippen molar-refractivity contribution in [2.75, 3.05) is 0 Å². The first-order valence-electron chi connectivity index (χ1n) is 9.45. The Morgan fingerprint density at radius 3 is 1.11 bits per heavy atom. The zero-order chi connectivity index (χ0) is 13.2. The van der Waals surface area contributed by atoms with Gasteiger partial charge in [-0.05, 0) is 11.8 Å². The summed E-state index contributed by atoms with van der Waals surface area (Å²) in [7, 11) is 0. The van der Waals surface area contributed by atoms with E-state index in [0.29, 0.717) is 0 Å². The fourth-order valence-electron chi connectivity index (χ4n) is 4.35. The highest BCUT2D eigenvalue weighted by atomic mass is 14.2. The molecule has 2 aliphatic carbocycles. The van der Waals surface area contributed by atoms with Crippen molar-refractivity contribution in [1.82, 2.24) is 0 Å². The van der Waals surface area contributed by atoms with Crippen LogP contribution in [0.15, 0.2) is 0 Å². The van der Waals surface area contributed by atoms with Crippen molar-refractivity contribution in [3.05, 3.63) is 0 Å². The van der Waals surface area contributed by atoms with Crippen LogP contribution in [-0.2, 0) is 0 Å². The van der Waals surface area contributed by atoms with Gasteiger partial charge in [0, 0.05) is 0 Å².